The van der Waals surface area contributed by atoms with Crippen LogP contribution in [0.4, 0.5) is 5.95 Å². The molecule has 6 heteroatoms. The van der Waals surface area contributed by atoms with Crippen LogP contribution in [0.1, 0.15) is 0 Å². The average molecular weight is 377 g/mol. The van der Waals surface area contributed by atoms with Crippen molar-refractivity contribution in [2.24, 2.45) is 0 Å². The molecule has 4 nitrogen and oxygen atoms in total. The molecule has 0 amide bonds. The van der Waals surface area contributed by atoms with E-state index in [0.717, 1.165) is 10.0 Å². The summed E-state index contributed by atoms with van der Waals surface area (Å²) < 4.78 is 0.838. The molecular formula is C16H11BrClN3O. The van der Waals surface area contributed by atoms with Gasteiger partial charge in [0.05, 0.1) is 11.4 Å². The van der Waals surface area contributed by atoms with Crippen LogP contribution in [0.3, 0.4) is 0 Å². The van der Waals surface area contributed by atoms with Crippen LogP contribution in [0.15, 0.2) is 53.0 Å². The van der Waals surface area contributed by atoms with E-state index in [0.29, 0.717) is 22.0 Å². The van der Waals surface area contributed by atoms with E-state index >= 15 is 0 Å². The van der Waals surface area contributed by atoms with Gasteiger partial charge in [0.15, 0.2) is 0 Å². The summed E-state index contributed by atoms with van der Waals surface area (Å²) in [4.78, 5) is 8.45. The van der Waals surface area contributed by atoms with E-state index in [1.807, 2.05) is 12.1 Å². The largest absolute Gasteiger partial charge is 0.507 e. The highest BCUT2D eigenvalue weighted by Crippen LogP contribution is 2.33. The zero-order valence-electron chi connectivity index (χ0n) is 11.3. The van der Waals surface area contributed by atoms with Gasteiger partial charge in [-0.2, -0.15) is 0 Å². The number of hydrogen-bond donors (Lipinski definition) is 2. The Morgan fingerprint density at radius 2 is 1.64 bits per heavy atom. The number of aromatic nitrogens is 2. The van der Waals surface area contributed by atoms with E-state index < -0.39 is 0 Å². The zero-order chi connectivity index (χ0) is 15.7. The Morgan fingerprint density at radius 1 is 0.955 bits per heavy atom. The number of hydrogen-bond acceptors (Lipinski definition) is 4. The molecule has 1 aromatic heterocycles. The van der Waals surface area contributed by atoms with Crippen LogP contribution in [-0.4, -0.2) is 15.1 Å². The molecule has 2 aromatic carbocycles. The van der Waals surface area contributed by atoms with Gasteiger partial charge in [0.1, 0.15) is 5.75 Å². The van der Waals surface area contributed by atoms with Crippen molar-refractivity contribution in [3.05, 3.63) is 58.0 Å². The van der Waals surface area contributed by atoms with Crippen molar-refractivity contribution in [3.63, 3.8) is 0 Å². The second-order valence-corrected chi connectivity index (χ2v) is 6.02. The summed E-state index contributed by atoms with van der Waals surface area (Å²) in [5.74, 6) is 0.269. The molecule has 3 rings (SSSR count). The number of aromatic hydroxyl groups is 1. The first kappa shape index (κ1) is 14.8. The maximum atomic E-state index is 10.0. The summed E-state index contributed by atoms with van der Waals surface area (Å²) in [6, 6.07) is 14.2. The van der Waals surface area contributed by atoms with Crippen molar-refractivity contribution in [3.8, 4) is 28.3 Å². The lowest BCUT2D eigenvalue weighted by Gasteiger charge is -2.08. The molecule has 0 atom stereocenters. The van der Waals surface area contributed by atoms with Gasteiger partial charge in [-0.1, -0.05) is 39.7 Å². The highest BCUT2D eigenvalue weighted by molar-refractivity contribution is 9.10. The minimum Gasteiger partial charge on any atom is -0.507 e. The number of nitrogens with zero attached hydrogens (tertiary/aromatic N) is 2. The van der Waals surface area contributed by atoms with Crippen LogP contribution in [0.5, 0.6) is 5.75 Å². The Kier molecular flexibility index (Phi) is 4.00. The molecule has 3 aromatic rings. The van der Waals surface area contributed by atoms with Gasteiger partial charge in [0, 0.05) is 20.6 Å². The minimum atomic E-state index is 0.128. The molecule has 0 radical (unpaired) electrons. The molecule has 110 valence electrons. The van der Waals surface area contributed by atoms with Crippen molar-refractivity contribution in [2.75, 3.05) is 5.73 Å². The summed E-state index contributed by atoms with van der Waals surface area (Å²) >= 11 is 9.28. The summed E-state index contributed by atoms with van der Waals surface area (Å²) in [7, 11) is 0. The summed E-state index contributed by atoms with van der Waals surface area (Å²) in [6.07, 6.45) is 0. The topological polar surface area (TPSA) is 72.0 Å². The van der Waals surface area contributed by atoms with Gasteiger partial charge in [-0.15, -0.1) is 0 Å². The summed E-state index contributed by atoms with van der Waals surface area (Å²) in [5.41, 5.74) is 8.48. The summed E-state index contributed by atoms with van der Waals surface area (Å²) in [6.45, 7) is 0. The second-order valence-electron chi connectivity index (χ2n) is 4.66. The van der Waals surface area contributed by atoms with E-state index in [2.05, 4.69) is 25.9 Å². The zero-order valence-corrected chi connectivity index (χ0v) is 13.6. The SMILES string of the molecule is Nc1nc(-c2ccc(Cl)cc2)cc(-c2cc(Br)ccc2O)n1. The Labute approximate surface area is 140 Å². The third-order valence-corrected chi connectivity index (χ3v) is 3.86. The number of halogens is 2. The van der Waals surface area contributed by atoms with E-state index in [9.17, 15) is 5.11 Å². The van der Waals surface area contributed by atoms with E-state index in [1.165, 1.54) is 0 Å². The van der Waals surface area contributed by atoms with Crippen LogP contribution in [0, 0.1) is 0 Å². The Balaban J connectivity index is 2.14. The summed E-state index contributed by atoms with van der Waals surface area (Å²) in [5, 5.41) is 10.7. The van der Waals surface area contributed by atoms with Crippen LogP contribution in [0.2, 0.25) is 5.02 Å². The molecule has 0 bridgehead atoms. The maximum Gasteiger partial charge on any atom is 0.221 e. The van der Waals surface area contributed by atoms with Gasteiger partial charge >= 0.3 is 0 Å². The number of anilines is 1. The highest BCUT2D eigenvalue weighted by atomic mass is 79.9. The number of nitrogens with two attached hydrogens (primary N) is 1. The lowest BCUT2D eigenvalue weighted by Crippen LogP contribution is -1.98. The molecule has 3 N–H and O–H groups in total. The Morgan fingerprint density at radius 3 is 2.36 bits per heavy atom. The molecule has 22 heavy (non-hydrogen) atoms. The monoisotopic (exact) mass is 375 g/mol. The van der Waals surface area contributed by atoms with Crippen LogP contribution in [0.25, 0.3) is 22.5 Å². The van der Waals surface area contributed by atoms with Crippen molar-refractivity contribution >= 4 is 33.5 Å². The highest BCUT2D eigenvalue weighted by Gasteiger charge is 2.11. The van der Waals surface area contributed by atoms with Gasteiger partial charge in [-0.05, 0) is 36.4 Å². The number of phenols is 1. The number of phenolic OH excluding ortho intramolecular Hbond substituents is 1. The van der Waals surface area contributed by atoms with E-state index in [1.54, 1.807) is 36.4 Å². The Bertz CT molecular complexity index is 837. The molecular weight excluding hydrogens is 366 g/mol. The number of nitrogen functional groups attached to an aromatic ring is 1. The molecule has 0 spiro atoms. The molecule has 0 aliphatic rings. The van der Waals surface area contributed by atoms with Gasteiger partial charge in [0.2, 0.25) is 5.95 Å². The van der Waals surface area contributed by atoms with Crippen molar-refractivity contribution in [1.82, 2.24) is 9.97 Å². The van der Waals surface area contributed by atoms with Crippen LogP contribution in [-0.2, 0) is 0 Å². The first-order chi connectivity index (χ1) is 10.5. The van der Waals surface area contributed by atoms with Crippen molar-refractivity contribution in [1.29, 1.82) is 0 Å². The number of rotatable bonds is 2. The molecule has 0 aliphatic carbocycles. The van der Waals surface area contributed by atoms with Gasteiger partial charge < -0.3 is 10.8 Å². The van der Waals surface area contributed by atoms with Crippen LogP contribution < -0.4 is 5.73 Å². The minimum absolute atomic E-state index is 0.128. The molecule has 0 unspecified atom stereocenters. The first-order valence-corrected chi connectivity index (χ1v) is 7.59. The van der Waals surface area contributed by atoms with Crippen molar-refractivity contribution in [2.45, 2.75) is 0 Å². The maximum absolute atomic E-state index is 10.0. The predicted molar refractivity (Wildman–Crippen MR) is 91.7 cm³/mol. The van der Waals surface area contributed by atoms with Crippen LogP contribution >= 0.6 is 27.5 Å². The molecule has 0 fully saturated rings. The van der Waals surface area contributed by atoms with E-state index in [4.69, 9.17) is 17.3 Å². The van der Waals surface area contributed by atoms with E-state index in [-0.39, 0.29) is 11.7 Å². The quantitative estimate of drug-likeness (QED) is 0.690. The average Bonchev–Trinajstić information content (AvgIpc) is 2.50. The third kappa shape index (κ3) is 3.05. The molecule has 0 aliphatic heterocycles. The normalized spacial score (nSPS) is 10.6. The lowest BCUT2D eigenvalue weighted by molar-refractivity contribution is 0.477. The van der Waals surface area contributed by atoms with Gasteiger partial charge in [-0.3, -0.25) is 0 Å². The first-order valence-electron chi connectivity index (χ1n) is 6.42. The molecule has 0 saturated heterocycles. The van der Waals surface area contributed by atoms with Gasteiger partial charge in [0.25, 0.3) is 0 Å². The fourth-order valence-electron chi connectivity index (χ4n) is 2.09. The fourth-order valence-corrected chi connectivity index (χ4v) is 2.57. The smallest absolute Gasteiger partial charge is 0.221 e. The standard InChI is InChI=1S/C16H11BrClN3O/c17-10-3-6-15(22)12(7-10)14-8-13(20-16(19)21-14)9-1-4-11(18)5-2-9/h1-8,22H,(H2,19,20,21). The molecule has 1 heterocycles. The number of benzene rings is 2. The fraction of sp³-hybridized carbons (Fsp3) is 0. The predicted octanol–water partition coefficient (Wildman–Crippen LogP) is 4.51. The second kappa shape index (κ2) is 5.94. The lowest BCUT2D eigenvalue weighted by atomic mass is 10.1. The van der Waals surface area contributed by atoms with Crippen molar-refractivity contribution < 1.29 is 5.11 Å². The Hall–Kier alpha value is -2.11. The third-order valence-electron chi connectivity index (χ3n) is 3.12. The van der Waals surface area contributed by atoms with Gasteiger partial charge in [-0.25, -0.2) is 9.97 Å². The molecule has 0 saturated carbocycles.